The minimum Gasteiger partial charge on any atom is -0.451 e. The maximum Gasteiger partial charge on any atom is 0.198 e. The summed E-state index contributed by atoms with van der Waals surface area (Å²) in [6, 6.07) is 7.28. The molecule has 1 aromatic heterocycles. The van der Waals surface area contributed by atoms with E-state index >= 15 is 0 Å². The summed E-state index contributed by atoms with van der Waals surface area (Å²) in [5.41, 5.74) is 0.601. The van der Waals surface area contributed by atoms with Gasteiger partial charge in [-0.15, -0.1) is 0 Å². The van der Waals surface area contributed by atoms with Crippen molar-refractivity contribution in [1.29, 1.82) is 0 Å². The van der Waals surface area contributed by atoms with Gasteiger partial charge in [0.1, 0.15) is 0 Å². The smallest absolute Gasteiger partial charge is 0.198 e. The van der Waals surface area contributed by atoms with Crippen molar-refractivity contribution in [3.8, 4) is 0 Å². The van der Waals surface area contributed by atoms with Crippen LogP contribution in [-0.2, 0) is 0 Å². The number of para-hydroxylation sites is 1. The molecule has 88 valence electrons. The lowest BCUT2D eigenvalue weighted by atomic mass is 9.96. The predicted molar refractivity (Wildman–Crippen MR) is 66.5 cm³/mol. The van der Waals surface area contributed by atoms with Crippen LogP contribution in [0.3, 0.4) is 0 Å². The number of fused-ring (bicyclic) bond motifs is 1. The highest BCUT2D eigenvalue weighted by atomic mass is 35.5. The van der Waals surface area contributed by atoms with Gasteiger partial charge in [-0.1, -0.05) is 23.7 Å². The summed E-state index contributed by atoms with van der Waals surface area (Å²) in [4.78, 5) is 12.0. The number of hydrogen-bond acceptors (Lipinski definition) is 3. The third kappa shape index (κ3) is 1.96. The van der Waals surface area contributed by atoms with Gasteiger partial charge in [0, 0.05) is 11.8 Å². The molecule has 1 N–H and O–H groups in total. The number of benzene rings is 1. The highest BCUT2D eigenvalue weighted by Gasteiger charge is 2.23. The number of hydrogen-bond donors (Lipinski definition) is 1. The van der Waals surface area contributed by atoms with Crippen LogP contribution in [-0.4, -0.2) is 18.9 Å². The van der Waals surface area contributed by atoms with Gasteiger partial charge in [0.25, 0.3) is 0 Å². The summed E-state index contributed by atoms with van der Waals surface area (Å²) in [6.07, 6.45) is 0.546. The second-order valence-electron chi connectivity index (χ2n) is 4.42. The summed E-state index contributed by atoms with van der Waals surface area (Å²) in [5.74, 6) is 0.926. The number of rotatable bonds is 3. The van der Waals surface area contributed by atoms with Crippen LogP contribution in [0.2, 0.25) is 5.02 Å². The van der Waals surface area contributed by atoms with Crippen molar-refractivity contribution in [2.75, 3.05) is 13.1 Å². The van der Waals surface area contributed by atoms with Crippen LogP contribution in [0, 0.1) is 5.92 Å². The molecular formula is C13H12ClNO2. The first kappa shape index (κ1) is 10.8. The summed E-state index contributed by atoms with van der Waals surface area (Å²) in [6.45, 7) is 1.85. The Morgan fingerprint density at radius 3 is 2.94 bits per heavy atom. The molecule has 0 bridgehead atoms. The summed E-state index contributed by atoms with van der Waals surface area (Å²) in [7, 11) is 0. The van der Waals surface area contributed by atoms with Crippen LogP contribution < -0.4 is 5.32 Å². The Morgan fingerprint density at radius 2 is 2.29 bits per heavy atom. The molecule has 0 radical (unpaired) electrons. The van der Waals surface area contributed by atoms with Gasteiger partial charge >= 0.3 is 0 Å². The fraction of sp³-hybridized carbons (Fsp3) is 0.308. The Kier molecular flexibility index (Phi) is 2.65. The molecule has 0 aliphatic carbocycles. The zero-order chi connectivity index (χ0) is 11.8. The number of Topliss-reactive ketones (excluding diaryl/α,β-unsaturated/α-hetero) is 1. The van der Waals surface area contributed by atoms with E-state index < -0.39 is 0 Å². The number of furan rings is 1. The van der Waals surface area contributed by atoms with Crippen LogP contribution in [0.4, 0.5) is 0 Å². The molecule has 2 aromatic rings. The lowest BCUT2D eigenvalue weighted by Crippen LogP contribution is -2.42. The average Bonchev–Trinajstić information content (AvgIpc) is 2.68. The number of carbonyl (C=O) groups is 1. The van der Waals surface area contributed by atoms with Crippen LogP contribution >= 0.6 is 11.6 Å². The van der Waals surface area contributed by atoms with Gasteiger partial charge in [-0.05, 0) is 31.1 Å². The number of ketones is 1. The second kappa shape index (κ2) is 4.17. The highest BCUT2D eigenvalue weighted by molar-refractivity contribution is 6.34. The van der Waals surface area contributed by atoms with Crippen molar-refractivity contribution in [3.63, 3.8) is 0 Å². The van der Waals surface area contributed by atoms with Crippen LogP contribution in [0.15, 0.2) is 28.7 Å². The number of halogens is 1. The van der Waals surface area contributed by atoms with Gasteiger partial charge in [-0.2, -0.15) is 0 Å². The zero-order valence-corrected chi connectivity index (χ0v) is 9.96. The van der Waals surface area contributed by atoms with Crippen molar-refractivity contribution in [2.24, 2.45) is 5.92 Å². The van der Waals surface area contributed by atoms with E-state index in [1.54, 1.807) is 12.1 Å². The van der Waals surface area contributed by atoms with E-state index in [1.165, 1.54) is 0 Å². The topological polar surface area (TPSA) is 42.2 Å². The normalized spacial score (nSPS) is 16.1. The minimum absolute atomic E-state index is 0.0590. The fourth-order valence-electron chi connectivity index (χ4n) is 2.02. The Bertz CT molecular complexity index is 572. The first-order chi connectivity index (χ1) is 8.24. The fourth-order valence-corrected chi connectivity index (χ4v) is 2.24. The molecule has 0 unspecified atom stereocenters. The predicted octanol–water partition coefficient (Wildman–Crippen LogP) is 2.88. The van der Waals surface area contributed by atoms with Crippen molar-refractivity contribution >= 4 is 28.4 Å². The second-order valence-corrected chi connectivity index (χ2v) is 4.83. The number of carbonyl (C=O) groups excluding carboxylic acids is 1. The molecule has 1 aliphatic rings. The quantitative estimate of drug-likeness (QED) is 0.851. The molecule has 3 nitrogen and oxygen atoms in total. The van der Waals surface area contributed by atoms with Crippen molar-refractivity contribution in [3.05, 3.63) is 35.0 Å². The zero-order valence-electron chi connectivity index (χ0n) is 9.20. The van der Waals surface area contributed by atoms with Gasteiger partial charge in [-0.25, -0.2) is 0 Å². The lowest BCUT2D eigenvalue weighted by molar-refractivity contribution is 0.0920. The molecule has 2 heterocycles. The molecule has 0 spiro atoms. The van der Waals surface area contributed by atoms with Crippen molar-refractivity contribution in [2.45, 2.75) is 6.42 Å². The Hall–Kier alpha value is -1.32. The van der Waals surface area contributed by atoms with E-state index in [1.807, 2.05) is 12.1 Å². The maximum atomic E-state index is 12.0. The monoisotopic (exact) mass is 249 g/mol. The molecule has 0 saturated carbocycles. The summed E-state index contributed by atoms with van der Waals surface area (Å²) in [5, 5.41) is 4.58. The maximum absolute atomic E-state index is 12.0. The molecule has 1 aromatic carbocycles. The van der Waals surface area contributed by atoms with Crippen LogP contribution in [0.1, 0.15) is 17.0 Å². The molecule has 0 amide bonds. The molecule has 0 atom stereocenters. The molecule has 3 rings (SSSR count). The van der Waals surface area contributed by atoms with Crippen LogP contribution in [0.25, 0.3) is 11.0 Å². The molecule has 17 heavy (non-hydrogen) atoms. The van der Waals surface area contributed by atoms with E-state index in [0.29, 0.717) is 28.7 Å². The molecule has 4 heteroatoms. The Balaban J connectivity index is 1.89. The molecule has 1 aliphatic heterocycles. The van der Waals surface area contributed by atoms with E-state index in [0.717, 1.165) is 18.5 Å². The van der Waals surface area contributed by atoms with E-state index in [-0.39, 0.29) is 5.78 Å². The first-order valence-corrected chi connectivity index (χ1v) is 6.04. The third-order valence-corrected chi connectivity index (χ3v) is 3.41. The Labute approximate surface area is 104 Å². The van der Waals surface area contributed by atoms with Crippen molar-refractivity contribution < 1.29 is 9.21 Å². The number of nitrogens with one attached hydrogen (secondary N) is 1. The van der Waals surface area contributed by atoms with Crippen molar-refractivity contribution in [1.82, 2.24) is 5.32 Å². The molecule has 1 fully saturated rings. The summed E-state index contributed by atoms with van der Waals surface area (Å²) < 4.78 is 5.53. The molecular weight excluding hydrogens is 238 g/mol. The van der Waals surface area contributed by atoms with Gasteiger partial charge in [-0.3, -0.25) is 4.79 Å². The van der Waals surface area contributed by atoms with Gasteiger partial charge in [0.2, 0.25) is 0 Å². The Morgan fingerprint density at radius 1 is 1.47 bits per heavy atom. The first-order valence-electron chi connectivity index (χ1n) is 5.66. The third-order valence-electron chi connectivity index (χ3n) is 3.11. The lowest BCUT2D eigenvalue weighted by Gasteiger charge is -2.25. The van der Waals surface area contributed by atoms with Crippen LogP contribution in [0.5, 0.6) is 0 Å². The standard InChI is InChI=1S/C13H12ClNO2/c14-10-3-1-2-9-5-12(17-13(9)10)11(16)4-8-6-15-7-8/h1-3,5,8,15H,4,6-7H2. The SMILES string of the molecule is O=C(CC1CNC1)c1cc2cccc(Cl)c2o1. The highest BCUT2D eigenvalue weighted by Crippen LogP contribution is 2.27. The summed E-state index contributed by atoms with van der Waals surface area (Å²) >= 11 is 6.00. The molecule has 1 saturated heterocycles. The minimum atomic E-state index is 0.0590. The van der Waals surface area contributed by atoms with Gasteiger partial charge in [0.15, 0.2) is 17.1 Å². The van der Waals surface area contributed by atoms with E-state index in [4.69, 9.17) is 16.0 Å². The van der Waals surface area contributed by atoms with E-state index in [2.05, 4.69) is 5.32 Å². The largest absolute Gasteiger partial charge is 0.451 e. The van der Waals surface area contributed by atoms with Gasteiger partial charge < -0.3 is 9.73 Å². The van der Waals surface area contributed by atoms with E-state index in [9.17, 15) is 4.79 Å². The average molecular weight is 250 g/mol. The van der Waals surface area contributed by atoms with Gasteiger partial charge in [0.05, 0.1) is 5.02 Å².